The first-order valence-corrected chi connectivity index (χ1v) is 23.6. The number of aryl methyl sites for hydroxylation is 2. The van der Waals surface area contributed by atoms with E-state index >= 15 is 0 Å². The zero-order chi connectivity index (χ0) is 47.3. The molecule has 65 heavy (non-hydrogen) atoms. The minimum absolute atomic E-state index is 0.0168. The predicted molar refractivity (Wildman–Crippen MR) is 254 cm³/mol. The van der Waals surface area contributed by atoms with Crippen LogP contribution in [0.2, 0.25) is 0 Å². The van der Waals surface area contributed by atoms with Crippen molar-refractivity contribution in [2.45, 2.75) is 129 Å². The molecule has 0 radical (unpaired) electrons. The van der Waals surface area contributed by atoms with E-state index in [4.69, 9.17) is 26.7 Å². The van der Waals surface area contributed by atoms with Gasteiger partial charge in [0, 0.05) is 74.3 Å². The van der Waals surface area contributed by atoms with Crippen molar-refractivity contribution in [3.63, 3.8) is 0 Å². The highest BCUT2D eigenvalue weighted by Crippen LogP contribution is 2.41. The molecule has 4 atom stereocenters. The molecule has 2 amide bonds. The van der Waals surface area contributed by atoms with Gasteiger partial charge in [-0.05, 0) is 98.2 Å². The topological polar surface area (TPSA) is 221 Å². The maximum Gasteiger partial charge on any atom is 0.226 e. The number of carbonyl (C=O) groups is 5. The van der Waals surface area contributed by atoms with Crippen molar-refractivity contribution >= 4 is 29.2 Å². The van der Waals surface area contributed by atoms with Crippen LogP contribution in [0.4, 0.5) is 0 Å². The number of Topliss-reactive ketones (excluding diaryl/α,β-unsaturated/α-hetero) is 3. The molecule has 1 aliphatic heterocycles. The normalized spacial score (nSPS) is 16.7. The number of likely N-dealkylation sites (N-methyl/N-ethyl adjacent to an activating group) is 1. The molecular formula is C52H72N6O7. The number of nitriles is 1. The number of carbonyl (C=O) groups excluding carboxylic acids is 5. The third kappa shape index (κ3) is 15.3. The van der Waals surface area contributed by atoms with Crippen LogP contribution in [0, 0.1) is 30.1 Å². The van der Waals surface area contributed by atoms with E-state index in [1.165, 1.54) is 30.6 Å². The van der Waals surface area contributed by atoms with Crippen molar-refractivity contribution in [2.24, 2.45) is 29.0 Å². The van der Waals surface area contributed by atoms with E-state index in [9.17, 15) is 29.2 Å². The van der Waals surface area contributed by atoms with Crippen molar-refractivity contribution in [3.8, 4) is 28.7 Å². The smallest absolute Gasteiger partial charge is 0.226 e. The van der Waals surface area contributed by atoms with Crippen LogP contribution in [0.5, 0.6) is 11.5 Å². The Morgan fingerprint density at radius 2 is 1.52 bits per heavy atom. The number of hydrogen-bond donors (Lipinski definition) is 4. The van der Waals surface area contributed by atoms with Gasteiger partial charge in [-0.25, -0.2) is 0 Å². The number of nitrogens with two attached hydrogens (primary N) is 3. The minimum atomic E-state index is -1.18. The largest absolute Gasteiger partial charge is 0.492 e. The summed E-state index contributed by atoms with van der Waals surface area (Å²) in [6.07, 6.45) is 9.27. The predicted octanol–water partition coefficient (Wildman–Crippen LogP) is 7.27. The van der Waals surface area contributed by atoms with Crippen molar-refractivity contribution < 1.29 is 33.4 Å². The molecule has 0 spiro atoms. The Balaban J connectivity index is 1.81. The number of hydrogen-bond acceptors (Lipinski definition) is 11. The first-order valence-electron chi connectivity index (χ1n) is 23.6. The number of nitrogens with one attached hydrogen (secondary N) is 1. The van der Waals surface area contributed by atoms with Gasteiger partial charge in [-0.2, -0.15) is 5.26 Å². The van der Waals surface area contributed by atoms with Gasteiger partial charge in [-0.3, -0.25) is 24.0 Å². The Bertz CT molecular complexity index is 2120. The van der Waals surface area contributed by atoms with Gasteiger partial charge in [-0.15, -0.1) is 0 Å². The molecule has 3 aromatic rings. The molecule has 13 heteroatoms. The summed E-state index contributed by atoms with van der Waals surface area (Å²) < 4.78 is 12.3. The van der Waals surface area contributed by atoms with Crippen LogP contribution in [0.15, 0.2) is 54.6 Å². The maximum atomic E-state index is 15.0. The summed E-state index contributed by atoms with van der Waals surface area (Å²) in [5.74, 6) is -2.49. The lowest BCUT2D eigenvalue weighted by molar-refractivity contribution is -0.142. The summed E-state index contributed by atoms with van der Waals surface area (Å²) in [6, 6.07) is 16.6. The van der Waals surface area contributed by atoms with Gasteiger partial charge >= 0.3 is 0 Å². The van der Waals surface area contributed by atoms with Crippen LogP contribution in [0.1, 0.15) is 136 Å². The van der Waals surface area contributed by atoms with E-state index < -0.39 is 35.6 Å². The molecule has 0 unspecified atom stereocenters. The van der Waals surface area contributed by atoms with Crippen molar-refractivity contribution in [2.75, 3.05) is 39.9 Å². The lowest BCUT2D eigenvalue weighted by Crippen LogP contribution is -2.45. The summed E-state index contributed by atoms with van der Waals surface area (Å²) in [6.45, 7) is 7.00. The standard InChI is InChI=1S/C52H72N6O7/c1-5-6-7-8-9-10-14-37-18-17-35(2)41(30-37)46(60)34-40(15-11-12-23-53)52(63)58(4)50-39-20-22-49(65-28-26-56)43(33-39)42-31-38(19-21-48(42)64-27-25-55)32-44(45(59)16-13-24-54)57-51(62)36(3)29-47(50)61/h17-22,30-31,33,36,40,44,50H,5-16,23,25-29,32,34,53,55-56H2,1-4H3,(H,57,62)/t36-,40-,44+,50+/m1/s1. The average Bonchev–Trinajstić information content (AvgIpc) is 3.30. The zero-order valence-electron chi connectivity index (χ0n) is 39.1. The molecule has 4 rings (SSSR count). The minimum Gasteiger partial charge on any atom is -0.492 e. The molecule has 0 aromatic heterocycles. The van der Waals surface area contributed by atoms with Crippen LogP contribution >= 0.6 is 0 Å². The summed E-state index contributed by atoms with van der Waals surface area (Å²) in [7, 11) is 1.57. The summed E-state index contributed by atoms with van der Waals surface area (Å²) >= 11 is 0. The van der Waals surface area contributed by atoms with Crippen LogP contribution in [0.3, 0.4) is 0 Å². The molecule has 0 saturated heterocycles. The van der Waals surface area contributed by atoms with Gasteiger partial charge in [0.25, 0.3) is 0 Å². The Labute approximate surface area is 386 Å². The molecular weight excluding hydrogens is 821 g/mol. The lowest BCUT2D eigenvalue weighted by Gasteiger charge is -2.32. The van der Waals surface area contributed by atoms with Crippen LogP contribution in [-0.2, 0) is 32.0 Å². The SMILES string of the molecule is CCCCCCCCc1ccc(C)c(C(=O)C[C@@H](CCCCN)C(=O)N(C)[C@@H]2C(=O)C[C@@H](C)C(=O)N[C@H](C(=O)CCC#N)Cc3ccc(OCCN)c(c3)-c3cc2ccc3OCCN)c1. The first-order chi connectivity index (χ1) is 31.4. The monoisotopic (exact) mass is 893 g/mol. The lowest BCUT2D eigenvalue weighted by atomic mass is 9.87. The van der Waals surface area contributed by atoms with E-state index in [0.717, 1.165) is 30.4 Å². The fourth-order valence-electron chi connectivity index (χ4n) is 8.54. The van der Waals surface area contributed by atoms with Crippen LogP contribution < -0.4 is 32.0 Å². The number of ether oxygens (including phenoxy) is 2. The average molecular weight is 893 g/mol. The second-order valence-electron chi connectivity index (χ2n) is 17.4. The second kappa shape index (κ2) is 27.1. The third-order valence-corrected chi connectivity index (χ3v) is 12.2. The van der Waals surface area contributed by atoms with Gasteiger partial charge < -0.3 is 36.9 Å². The summed E-state index contributed by atoms with van der Waals surface area (Å²) in [5.41, 5.74) is 22.5. The van der Waals surface area contributed by atoms with E-state index in [2.05, 4.69) is 18.3 Å². The van der Waals surface area contributed by atoms with Gasteiger partial charge in [-0.1, -0.05) is 76.6 Å². The van der Waals surface area contributed by atoms with Gasteiger partial charge in [0.05, 0.1) is 12.1 Å². The highest BCUT2D eigenvalue weighted by Gasteiger charge is 2.36. The van der Waals surface area contributed by atoms with Crippen LogP contribution in [-0.4, -0.2) is 80.0 Å². The number of fused-ring (bicyclic) bond motifs is 5. The highest BCUT2D eigenvalue weighted by molar-refractivity contribution is 6.01. The molecule has 0 saturated carbocycles. The number of rotatable bonds is 25. The number of nitrogens with zero attached hydrogens (tertiary/aromatic N) is 2. The molecule has 0 fully saturated rings. The number of unbranched alkanes of at least 4 members (excludes halogenated alkanes) is 6. The van der Waals surface area contributed by atoms with E-state index in [-0.39, 0.29) is 75.9 Å². The van der Waals surface area contributed by atoms with E-state index in [1.807, 2.05) is 37.3 Å². The molecule has 352 valence electrons. The quantitative estimate of drug-likeness (QED) is 0.0489. The van der Waals surface area contributed by atoms with Gasteiger partial charge in [0.1, 0.15) is 30.8 Å². The first kappa shape index (κ1) is 52.2. The Morgan fingerprint density at radius 1 is 0.846 bits per heavy atom. The molecule has 3 aromatic carbocycles. The van der Waals surface area contributed by atoms with E-state index in [1.54, 1.807) is 38.2 Å². The van der Waals surface area contributed by atoms with E-state index in [0.29, 0.717) is 65.1 Å². The van der Waals surface area contributed by atoms with Crippen LogP contribution in [0.25, 0.3) is 11.1 Å². The fraction of sp³-hybridized carbons (Fsp3) is 0.538. The number of amides is 2. The Morgan fingerprint density at radius 3 is 2.20 bits per heavy atom. The Kier molecular flexibility index (Phi) is 21.8. The maximum absolute atomic E-state index is 15.0. The Hall–Kier alpha value is -5.42. The second-order valence-corrected chi connectivity index (χ2v) is 17.4. The number of benzene rings is 3. The number of ketones is 3. The highest BCUT2D eigenvalue weighted by atomic mass is 16.5. The fourth-order valence-corrected chi connectivity index (χ4v) is 8.54. The molecule has 0 aliphatic carbocycles. The van der Waals surface area contributed by atoms with Crippen molar-refractivity contribution in [3.05, 3.63) is 82.4 Å². The summed E-state index contributed by atoms with van der Waals surface area (Å²) in [4.78, 5) is 72.8. The molecule has 13 nitrogen and oxygen atoms in total. The zero-order valence-corrected chi connectivity index (χ0v) is 39.1. The summed E-state index contributed by atoms with van der Waals surface area (Å²) in [5, 5.41) is 12.1. The molecule has 4 bridgehead atoms. The molecule has 1 heterocycles. The molecule has 1 aliphatic rings. The van der Waals surface area contributed by atoms with Crippen molar-refractivity contribution in [1.82, 2.24) is 10.2 Å². The van der Waals surface area contributed by atoms with Crippen molar-refractivity contribution in [1.29, 1.82) is 5.26 Å². The van der Waals surface area contributed by atoms with Gasteiger partial charge in [0.2, 0.25) is 11.8 Å². The molecule has 7 N–H and O–H groups in total. The van der Waals surface area contributed by atoms with Gasteiger partial charge in [0.15, 0.2) is 17.3 Å². The third-order valence-electron chi connectivity index (χ3n) is 12.2.